The quantitative estimate of drug-likeness (QED) is 0.698. The van der Waals surface area contributed by atoms with Crippen molar-refractivity contribution in [2.75, 3.05) is 0 Å². The molecule has 1 aromatic carbocycles. The van der Waals surface area contributed by atoms with E-state index in [1.165, 1.54) is 0 Å². The first-order valence-corrected chi connectivity index (χ1v) is 4.42. The molecule has 0 aliphatic rings. The summed E-state index contributed by atoms with van der Waals surface area (Å²) >= 11 is 0. The number of benzene rings is 1. The van der Waals surface area contributed by atoms with Gasteiger partial charge in [-0.1, -0.05) is 24.3 Å². The number of aliphatic hydroxyl groups excluding tert-OH is 1. The van der Waals surface area contributed by atoms with Crippen molar-refractivity contribution in [2.45, 2.75) is 25.9 Å². The molecule has 0 bridgehead atoms. The third-order valence-electron chi connectivity index (χ3n) is 2.11. The molecule has 0 saturated heterocycles. The molecule has 0 aromatic heterocycles. The highest BCUT2D eigenvalue weighted by atomic mass is 16.3. The smallest absolute Gasteiger partial charge is 0.0801 e. The fraction of sp³-hybridized carbons (Fsp3) is 0.333. The van der Waals surface area contributed by atoms with Gasteiger partial charge in [0, 0.05) is 6.42 Å². The minimum absolute atomic E-state index is 0.419. The molecule has 0 amide bonds. The van der Waals surface area contributed by atoms with Gasteiger partial charge < -0.3 is 5.11 Å². The topological polar surface area (TPSA) is 20.2 Å². The molecule has 0 aliphatic heterocycles. The first-order valence-electron chi connectivity index (χ1n) is 4.42. The Morgan fingerprint density at radius 1 is 1.46 bits per heavy atom. The molecular formula is C12H14O. The van der Waals surface area contributed by atoms with E-state index in [0.29, 0.717) is 12.8 Å². The minimum atomic E-state index is -0.419. The highest BCUT2D eigenvalue weighted by molar-refractivity contribution is 5.27. The van der Waals surface area contributed by atoms with Gasteiger partial charge >= 0.3 is 0 Å². The number of hydrogen-bond acceptors (Lipinski definition) is 1. The summed E-state index contributed by atoms with van der Waals surface area (Å²) in [6.45, 7) is 1.99. The maximum Gasteiger partial charge on any atom is 0.0801 e. The van der Waals surface area contributed by atoms with Crippen molar-refractivity contribution in [1.82, 2.24) is 0 Å². The lowest BCUT2D eigenvalue weighted by atomic mass is 10.0. The summed E-state index contributed by atoms with van der Waals surface area (Å²) in [5, 5.41) is 9.74. The summed E-state index contributed by atoms with van der Waals surface area (Å²) < 4.78 is 0. The van der Waals surface area contributed by atoms with Crippen LogP contribution in [0.5, 0.6) is 0 Å². The van der Waals surface area contributed by atoms with Crippen LogP contribution in [0.25, 0.3) is 0 Å². The molecule has 1 aromatic rings. The largest absolute Gasteiger partial charge is 0.388 e. The molecule has 1 heteroatoms. The van der Waals surface area contributed by atoms with E-state index < -0.39 is 6.10 Å². The molecule has 0 heterocycles. The van der Waals surface area contributed by atoms with E-state index in [2.05, 4.69) is 5.92 Å². The Morgan fingerprint density at radius 3 is 2.77 bits per heavy atom. The van der Waals surface area contributed by atoms with Gasteiger partial charge in [-0.15, -0.1) is 12.3 Å². The second kappa shape index (κ2) is 4.69. The number of aliphatic hydroxyl groups is 1. The summed E-state index contributed by atoms with van der Waals surface area (Å²) in [4.78, 5) is 0. The molecule has 0 spiro atoms. The summed E-state index contributed by atoms with van der Waals surface area (Å²) in [6.07, 6.45) is 5.97. The van der Waals surface area contributed by atoms with Crippen LogP contribution in [0.3, 0.4) is 0 Å². The van der Waals surface area contributed by atoms with Gasteiger partial charge in [-0.25, -0.2) is 0 Å². The van der Waals surface area contributed by atoms with E-state index >= 15 is 0 Å². The first-order chi connectivity index (χ1) is 6.25. The van der Waals surface area contributed by atoms with Crippen molar-refractivity contribution < 1.29 is 5.11 Å². The van der Waals surface area contributed by atoms with Gasteiger partial charge in [-0.05, 0) is 24.5 Å². The molecule has 1 nitrogen and oxygen atoms in total. The molecular weight excluding hydrogens is 160 g/mol. The number of terminal acetylenes is 1. The van der Waals surface area contributed by atoms with Crippen molar-refractivity contribution in [3.63, 3.8) is 0 Å². The molecule has 1 N–H and O–H groups in total. The monoisotopic (exact) mass is 174 g/mol. The Morgan fingerprint density at radius 2 is 2.15 bits per heavy atom. The molecule has 1 unspecified atom stereocenters. The zero-order valence-electron chi connectivity index (χ0n) is 7.83. The molecule has 13 heavy (non-hydrogen) atoms. The van der Waals surface area contributed by atoms with Gasteiger partial charge in [0.2, 0.25) is 0 Å². The van der Waals surface area contributed by atoms with E-state index in [-0.39, 0.29) is 0 Å². The van der Waals surface area contributed by atoms with Crippen LogP contribution in [0.1, 0.15) is 30.1 Å². The Hall–Kier alpha value is -1.26. The number of rotatable bonds is 3. The fourth-order valence-corrected chi connectivity index (χ4v) is 1.34. The summed E-state index contributed by atoms with van der Waals surface area (Å²) in [5.41, 5.74) is 2.10. The van der Waals surface area contributed by atoms with Crippen LogP contribution in [0, 0.1) is 19.3 Å². The first kappa shape index (κ1) is 9.83. The third kappa shape index (κ3) is 2.61. The van der Waals surface area contributed by atoms with Crippen molar-refractivity contribution >= 4 is 0 Å². The average molecular weight is 174 g/mol. The van der Waals surface area contributed by atoms with E-state index in [1.54, 1.807) is 0 Å². The lowest BCUT2D eigenvalue weighted by molar-refractivity contribution is 0.169. The fourth-order valence-electron chi connectivity index (χ4n) is 1.34. The van der Waals surface area contributed by atoms with Crippen LogP contribution < -0.4 is 0 Å². The predicted molar refractivity (Wildman–Crippen MR) is 54.2 cm³/mol. The van der Waals surface area contributed by atoms with Crippen molar-refractivity contribution in [3.8, 4) is 12.3 Å². The van der Waals surface area contributed by atoms with Gasteiger partial charge in [0.15, 0.2) is 0 Å². The predicted octanol–water partition coefficient (Wildman–Crippen LogP) is 2.44. The summed E-state index contributed by atoms with van der Waals surface area (Å²) in [6, 6.07) is 7.83. The zero-order valence-corrected chi connectivity index (χ0v) is 7.83. The Kier molecular flexibility index (Phi) is 3.54. The lowest BCUT2D eigenvalue weighted by Crippen LogP contribution is -1.98. The lowest BCUT2D eigenvalue weighted by Gasteiger charge is -2.11. The van der Waals surface area contributed by atoms with Crippen LogP contribution in [0.2, 0.25) is 0 Å². The Bertz CT molecular complexity index is 309. The maximum atomic E-state index is 9.74. The molecule has 68 valence electrons. The van der Waals surface area contributed by atoms with Gasteiger partial charge in [0.05, 0.1) is 6.10 Å². The molecule has 0 aliphatic carbocycles. The van der Waals surface area contributed by atoms with Gasteiger partial charge in [0.1, 0.15) is 0 Å². The average Bonchev–Trinajstić information content (AvgIpc) is 2.15. The molecule has 0 fully saturated rings. The molecule has 1 rings (SSSR count). The van der Waals surface area contributed by atoms with Crippen LogP contribution >= 0.6 is 0 Å². The van der Waals surface area contributed by atoms with E-state index in [9.17, 15) is 5.11 Å². The van der Waals surface area contributed by atoms with E-state index in [0.717, 1.165) is 11.1 Å². The SMILES string of the molecule is C#CCCC(O)c1ccccc1C. The number of aryl methyl sites for hydroxylation is 1. The Labute approximate surface area is 79.4 Å². The standard InChI is InChI=1S/C12H14O/c1-3-4-9-12(13)11-8-6-5-7-10(11)2/h1,5-8,12-13H,4,9H2,2H3. The normalized spacial score (nSPS) is 12.1. The van der Waals surface area contributed by atoms with Gasteiger partial charge in [0.25, 0.3) is 0 Å². The highest BCUT2D eigenvalue weighted by Crippen LogP contribution is 2.20. The second-order valence-electron chi connectivity index (χ2n) is 3.12. The Balaban J connectivity index is 2.72. The zero-order chi connectivity index (χ0) is 9.68. The van der Waals surface area contributed by atoms with Crippen LogP contribution in [0.4, 0.5) is 0 Å². The van der Waals surface area contributed by atoms with Gasteiger partial charge in [-0.3, -0.25) is 0 Å². The van der Waals surface area contributed by atoms with Crippen LogP contribution in [0.15, 0.2) is 24.3 Å². The maximum absolute atomic E-state index is 9.74. The van der Waals surface area contributed by atoms with Gasteiger partial charge in [-0.2, -0.15) is 0 Å². The molecule has 0 saturated carbocycles. The summed E-state index contributed by atoms with van der Waals surface area (Å²) in [7, 11) is 0. The van der Waals surface area contributed by atoms with E-state index in [1.807, 2.05) is 31.2 Å². The molecule has 1 atom stereocenters. The van der Waals surface area contributed by atoms with Crippen molar-refractivity contribution in [1.29, 1.82) is 0 Å². The van der Waals surface area contributed by atoms with Crippen molar-refractivity contribution in [3.05, 3.63) is 35.4 Å². The van der Waals surface area contributed by atoms with Crippen molar-refractivity contribution in [2.24, 2.45) is 0 Å². The second-order valence-corrected chi connectivity index (χ2v) is 3.12. The third-order valence-corrected chi connectivity index (χ3v) is 2.11. The summed E-state index contributed by atoms with van der Waals surface area (Å²) in [5.74, 6) is 2.53. The minimum Gasteiger partial charge on any atom is -0.388 e. The number of hydrogen-bond donors (Lipinski definition) is 1. The van der Waals surface area contributed by atoms with Crippen LogP contribution in [-0.4, -0.2) is 5.11 Å². The van der Waals surface area contributed by atoms with E-state index in [4.69, 9.17) is 6.42 Å². The molecule has 0 radical (unpaired) electrons. The highest BCUT2D eigenvalue weighted by Gasteiger charge is 2.07. The van der Waals surface area contributed by atoms with Crippen LogP contribution in [-0.2, 0) is 0 Å².